The van der Waals surface area contributed by atoms with Crippen LogP contribution in [0.2, 0.25) is 0 Å². The maximum atomic E-state index is 5.55. The van der Waals surface area contributed by atoms with Crippen molar-refractivity contribution in [2.24, 2.45) is 0 Å². The van der Waals surface area contributed by atoms with Gasteiger partial charge in [-0.3, -0.25) is 0 Å². The first-order chi connectivity index (χ1) is 7.81. The monoisotopic (exact) mass is 204 g/mol. The van der Waals surface area contributed by atoms with Crippen molar-refractivity contribution in [3.63, 3.8) is 0 Å². The number of fused-ring (bicyclic) bond motifs is 3. The van der Waals surface area contributed by atoms with Gasteiger partial charge in [-0.15, -0.1) is 6.42 Å². The van der Waals surface area contributed by atoms with E-state index < -0.39 is 0 Å². The number of hydrogen-bond acceptors (Lipinski definition) is 0. The third kappa shape index (κ3) is 1.12. The van der Waals surface area contributed by atoms with Gasteiger partial charge in [-0.05, 0) is 40.8 Å². The minimum atomic E-state index is 0.984. The lowest BCUT2D eigenvalue weighted by atomic mass is 10.0. The first kappa shape index (κ1) is 9.24. The number of terminal acetylenes is 1. The molecule has 0 saturated carbocycles. The Balaban J connectivity index is 2.33. The van der Waals surface area contributed by atoms with Gasteiger partial charge < -0.3 is 0 Å². The largest absolute Gasteiger partial charge is 0.115 e. The van der Waals surface area contributed by atoms with Crippen molar-refractivity contribution in [3.05, 3.63) is 58.7 Å². The average Bonchev–Trinajstić information content (AvgIpc) is 2.69. The molecule has 0 heteroatoms. The second kappa shape index (κ2) is 3.25. The summed E-state index contributed by atoms with van der Waals surface area (Å²) in [6.07, 6.45) is 6.53. The minimum Gasteiger partial charge on any atom is -0.115 e. The van der Waals surface area contributed by atoms with E-state index in [9.17, 15) is 0 Å². The summed E-state index contributed by atoms with van der Waals surface area (Å²) in [6.45, 7) is 2.17. The van der Waals surface area contributed by atoms with Crippen molar-refractivity contribution in [1.29, 1.82) is 0 Å². The third-order valence-corrected chi connectivity index (χ3v) is 3.39. The minimum absolute atomic E-state index is 0.984. The fourth-order valence-electron chi connectivity index (χ4n) is 2.53. The topological polar surface area (TPSA) is 0 Å². The molecule has 0 bridgehead atoms. The van der Waals surface area contributed by atoms with Crippen molar-refractivity contribution < 1.29 is 0 Å². The standard InChI is InChI=1S/C16H12/c1-3-12-7-5-9-14-13-8-4-6-11(2)15(13)10-16(12)14/h1,4-9H,10H2,2H3. The zero-order chi connectivity index (χ0) is 11.1. The molecule has 0 spiro atoms. The van der Waals surface area contributed by atoms with Crippen LogP contribution < -0.4 is 0 Å². The molecule has 0 saturated heterocycles. The molecule has 16 heavy (non-hydrogen) atoms. The van der Waals surface area contributed by atoms with Crippen LogP contribution in [0, 0.1) is 19.3 Å². The zero-order valence-corrected chi connectivity index (χ0v) is 9.25. The van der Waals surface area contributed by atoms with Crippen LogP contribution in [0.5, 0.6) is 0 Å². The molecule has 1 aliphatic rings. The molecule has 3 rings (SSSR count). The van der Waals surface area contributed by atoms with Gasteiger partial charge in [-0.1, -0.05) is 36.3 Å². The van der Waals surface area contributed by atoms with E-state index in [-0.39, 0.29) is 0 Å². The van der Waals surface area contributed by atoms with E-state index in [1.54, 1.807) is 0 Å². The van der Waals surface area contributed by atoms with E-state index in [4.69, 9.17) is 6.42 Å². The number of hydrogen-bond donors (Lipinski definition) is 0. The van der Waals surface area contributed by atoms with E-state index in [2.05, 4.69) is 37.1 Å². The lowest BCUT2D eigenvalue weighted by molar-refractivity contribution is 1.21. The van der Waals surface area contributed by atoms with Gasteiger partial charge in [0.1, 0.15) is 0 Å². The summed E-state index contributed by atoms with van der Waals surface area (Å²) in [5, 5.41) is 0. The summed E-state index contributed by atoms with van der Waals surface area (Å²) in [5.41, 5.74) is 7.81. The quantitative estimate of drug-likeness (QED) is 0.491. The van der Waals surface area contributed by atoms with E-state index in [1.807, 2.05) is 12.1 Å². The molecule has 1 aliphatic carbocycles. The third-order valence-electron chi connectivity index (χ3n) is 3.39. The zero-order valence-electron chi connectivity index (χ0n) is 9.25. The maximum absolute atomic E-state index is 5.55. The molecule has 0 atom stereocenters. The molecule has 0 amide bonds. The summed E-state index contributed by atoms with van der Waals surface area (Å²) < 4.78 is 0. The lowest BCUT2D eigenvalue weighted by Crippen LogP contribution is -1.87. The van der Waals surface area contributed by atoms with Crippen LogP contribution >= 0.6 is 0 Å². The molecular weight excluding hydrogens is 192 g/mol. The van der Waals surface area contributed by atoms with E-state index >= 15 is 0 Å². The summed E-state index contributed by atoms with van der Waals surface area (Å²) >= 11 is 0. The normalized spacial score (nSPS) is 11.8. The van der Waals surface area contributed by atoms with Crippen molar-refractivity contribution in [3.8, 4) is 23.5 Å². The molecular formula is C16H12. The summed E-state index contributed by atoms with van der Waals surface area (Å²) in [6, 6.07) is 12.7. The first-order valence-corrected chi connectivity index (χ1v) is 5.48. The van der Waals surface area contributed by atoms with E-state index in [0.717, 1.165) is 12.0 Å². The second-order valence-corrected chi connectivity index (χ2v) is 4.25. The van der Waals surface area contributed by atoms with Gasteiger partial charge in [-0.2, -0.15) is 0 Å². The highest BCUT2D eigenvalue weighted by Crippen LogP contribution is 2.39. The molecule has 0 aromatic heterocycles. The SMILES string of the molecule is C#Cc1cccc2c1Cc1c(C)cccc1-2. The Hall–Kier alpha value is -2.00. The van der Waals surface area contributed by atoms with Crippen molar-refractivity contribution in [2.75, 3.05) is 0 Å². The Morgan fingerprint density at radius 3 is 2.44 bits per heavy atom. The van der Waals surface area contributed by atoms with Gasteiger partial charge in [0.25, 0.3) is 0 Å². The molecule has 0 unspecified atom stereocenters. The molecule has 0 aliphatic heterocycles. The molecule has 2 aromatic carbocycles. The van der Waals surface area contributed by atoms with Gasteiger partial charge in [0.2, 0.25) is 0 Å². The van der Waals surface area contributed by atoms with Crippen LogP contribution in [-0.2, 0) is 6.42 Å². The predicted molar refractivity (Wildman–Crippen MR) is 67.4 cm³/mol. The average molecular weight is 204 g/mol. The van der Waals surface area contributed by atoms with E-state index in [0.29, 0.717) is 0 Å². The second-order valence-electron chi connectivity index (χ2n) is 4.25. The molecule has 0 radical (unpaired) electrons. The van der Waals surface area contributed by atoms with Crippen LogP contribution in [0.3, 0.4) is 0 Å². The van der Waals surface area contributed by atoms with Crippen molar-refractivity contribution in [2.45, 2.75) is 13.3 Å². The fraction of sp³-hybridized carbons (Fsp3) is 0.125. The number of benzene rings is 2. The summed E-state index contributed by atoms with van der Waals surface area (Å²) in [4.78, 5) is 0. The summed E-state index contributed by atoms with van der Waals surface area (Å²) in [7, 11) is 0. The van der Waals surface area contributed by atoms with Crippen molar-refractivity contribution >= 4 is 0 Å². The van der Waals surface area contributed by atoms with Crippen LogP contribution in [0.25, 0.3) is 11.1 Å². The Morgan fingerprint density at radius 2 is 1.69 bits per heavy atom. The Labute approximate surface area is 95.9 Å². The first-order valence-electron chi connectivity index (χ1n) is 5.48. The Bertz CT molecular complexity index is 612. The molecule has 0 heterocycles. The number of rotatable bonds is 0. The van der Waals surface area contributed by atoms with Crippen LogP contribution in [0.15, 0.2) is 36.4 Å². The van der Waals surface area contributed by atoms with Crippen LogP contribution in [-0.4, -0.2) is 0 Å². The molecule has 0 nitrogen and oxygen atoms in total. The molecule has 0 N–H and O–H groups in total. The van der Waals surface area contributed by atoms with Gasteiger partial charge in [0.15, 0.2) is 0 Å². The Kier molecular flexibility index (Phi) is 1.88. The fourth-order valence-corrected chi connectivity index (χ4v) is 2.53. The highest BCUT2D eigenvalue weighted by atomic mass is 14.2. The van der Waals surface area contributed by atoms with Gasteiger partial charge in [-0.25, -0.2) is 0 Å². The summed E-state index contributed by atoms with van der Waals surface area (Å²) in [5.74, 6) is 2.78. The Morgan fingerprint density at radius 1 is 1.00 bits per heavy atom. The number of aryl methyl sites for hydroxylation is 1. The van der Waals surface area contributed by atoms with Gasteiger partial charge in [0, 0.05) is 12.0 Å². The van der Waals surface area contributed by atoms with Crippen LogP contribution in [0.1, 0.15) is 22.3 Å². The predicted octanol–water partition coefficient (Wildman–Crippen LogP) is 3.55. The molecule has 2 aromatic rings. The maximum Gasteiger partial charge on any atom is 0.0284 e. The van der Waals surface area contributed by atoms with E-state index in [1.165, 1.54) is 27.8 Å². The van der Waals surface area contributed by atoms with Gasteiger partial charge >= 0.3 is 0 Å². The lowest BCUT2D eigenvalue weighted by Gasteiger charge is -2.02. The van der Waals surface area contributed by atoms with Gasteiger partial charge in [0.05, 0.1) is 0 Å². The molecule has 76 valence electrons. The molecule has 0 fully saturated rings. The smallest absolute Gasteiger partial charge is 0.0284 e. The highest BCUT2D eigenvalue weighted by molar-refractivity contribution is 5.80. The van der Waals surface area contributed by atoms with Crippen molar-refractivity contribution in [1.82, 2.24) is 0 Å². The van der Waals surface area contributed by atoms with Crippen LogP contribution in [0.4, 0.5) is 0 Å². The highest BCUT2D eigenvalue weighted by Gasteiger charge is 2.21.